The van der Waals surface area contributed by atoms with Crippen LogP contribution in [0.25, 0.3) is 0 Å². The van der Waals surface area contributed by atoms with Crippen molar-refractivity contribution in [2.24, 2.45) is 0 Å². The fourth-order valence-electron chi connectivity index (χ4n) is 1.94. The number of halogens is 2. The first kappa shape index (κ1) is 18.0. The van der Waals surface area contributed by atoms with E-state index in [-0.39, 0.29) is 5.97 Å². The minimum atomic E-state index is -0.475. The summed E-state index contributed by atoms with van der Waals surface area (Å²) >= 11 is 12.0. The summed E-state index contributed by atoms with van der Waals surface area (Å²) in [5.74, 6) is -0.345. The molecule has 1 aromatic rings. The van der Waals surface area contributed by atoms with Crippen LogP contribution in [0.2, 0.25) is 10.0 Å². The number of ether oxygens (including phenoxy) is 1. The number of likely N-dealkylation sites (N-methyl/N-ethyl adjacent to an activating group) is 1. The van der Waals surface area contributed by atoms with Gasteiger partial charge in [-0.15, -0.1) is 6.58 Å². The molecule has 0 aliphatic heterocycles. The molecule has 1 radical (unpaired) electrons. The van der Waals surface area contributed by atoms with Gasteiger partial charge in [0.05, 0.1) is 15.6 Å². The molecule has 115 valence electrons. The molecule has 0 fully saturated rings. The largest absolute Gasteiger partial charge is 0.457 e. The summed E-state index contributed by atoms with van der Waals surface area (Å²) < 4.78 is 5.10. The zero-order valence-electron chi connectivity index (χ0n) is 12.5. The molecule has 5 heteroatoms. The van der Waals surface area contributed by atoms with E-state index in [9.17, 15) is 4.79 Å². The average Bonchev–Trinajstić information content (AvgIpc) is 2.41. The fraction of sp³-hybridized carbons (Fsp3) is 0.375. The monoisotopic (exact) mass is 328 g/mol. The smallest absolute Gasteiger partial charge is 0.303 e. The van der Waals surface area contributed by atoms with Crippen LogP contribution in [-0.2, 0) is 16.0 Å². The minimum absolute atomic E-state index is 0.345. The molecule has 3 nitrogen and oxygen atoms in total. The highest BCUT2D eigenvalue weighted by Crippen LogP contribution is 2.28. The minimum Gasteiger partial charge on any atom is -0.457 e. The van der Waals surface area contributed by atoms with Gasteiger partial charge in [0.15, 0.2) is 6.61 Å². The van der Waals surface area contributed by atoms with E-state index in [1.807, 2.05) is 31.0 Å². The molecule has 1 atom stereocenters. The van der Waals surface area contributed by atoms with E-state index >= 15 is 0 Å². The van der Waals surface area contributed by atoms with Gasteiger partial charge in [-0.25, -0.2) is 0 Å². The Morgan fingerprint density at radius 3 is 2.62 bits per heavy atom. The molecule has 0 heterocycles. The molecule has 21 heavy (non-hydrogen) atoms. The lowest BCUT2D eigenvalue weighted by Gasteiger charge is -2.37. The van der Waals surface area contributed by atoms with Crippen molar-refractivity contribution in [1.82, 2.24) is 4.90 Å². The molecule has 0 aliphatic rings. The lowest BCUT2D eigenvalue weighted by molar-refractivity contribution is -0.139. The van der Waals surface area contributed by atoms with Crippen LogP contribution >= 0.6 is 23.2 Å². The van der Waals surface area contributed by atoms with E-state index in [1.54, 1.807) is 18.7 Å². The van der Waals surface area contributed by atoms with Gasteiger partial charge in [-0.3, -0.25) is 9.69 Å². The highest BCUT2D eigenvalue weighted by atomic mass is 35.5. The number of rotatable bonds is 7. The number of hydrogen-bond donors (Lipinski definition) is 0. The van der Waals surface area contributed by atoms with Crippen LogP contribution in [0.1, 0.15) is 19.4 Å². The summed E-state index contributed by atoms with van der Waals surface area (Å²) in [5, 5.41) is 1.03. The number of carbonyl (C=O) groups excluding carboxylic acids is 1. The quantitative estimate of drug-likeness (QED) is 0.556. The number of nitrogens with zero attached hydrogens (tertiary/aromatic N) is 1. The van der Waals surface area contributed by atoms with Crippen LogP contribution in [0, 0.1) is 6.61 Å². The fourth-order valence-corrected chi connectivity index (χ4v) is 2.26. The molecule has 0 saturated heterocycles. The second kappa shape index (κ2) is 7.83. The van der Waals surface area contributed by atoms with Gasteiger partial charge in [-0.1, -0.05) is 35.3 Å². The highest BCUT2D eigenvalue weighted by molar-refractivity contribution is 6.42. The van der Waals surface area contributed by atoms with Crippen LogP contribution in [0.15, 0.2) is 30.9 Å². The summed E-state index contributed by atoms with van der Waals surface area (Å²) in [6.45, 7) is 9.33. The van der Waals surface area contributed by atoms with Gasteiger partial charge in [0.1, 0.15) is 0 Å². The summed E-state index contributed by atoms with van der Waals surface area (Å²) in [7, 11) is 1.94. The van der Waals surface area contributed by atoms with Crippen LogP contribution in [0.4, 0.5) is 0 Å². The Balaban J connectivity index is 2.96. The second-order valence-electron chi connectivity index (χ2n) is 5.18. The summed E-state index contributed by atoms with van der Waals surface area (Å²) in [6, 6.07) is 5.50. The van der Waals surface area contributed by atoms with E-state index < -0.39 is 5.54 Å². The Morgan fingerprint density at radius 1 is 1.43 bits per heavy atom. The zero-order chi connectivity index (χ0) is 16.0. The van der Waals surface area contributed by atoms with Gasteiger partial charge < -0.3 is 4.74 Å². The van der Waals surface area contributed by atoms with Crippen molar-refractivity contribution in [1.29, 1.82) is 0 Å². The molecular weight excluding hydrogens is 309 g/mol. The first-order valence-electron chi connectivity index (χ1n) is 6.56. The van der Waals surface area contributed by atoms with Crippen molar-refractivity contribution in [3.63, 3.8) is 0 Å². The first-order chi connectivity index (χ1) is 9.78. The third kappa shape index (κ3) is 5.34. The Bertz CT molecular complexity index is 519. The predicted octanol–water partition coefficient (Wildman–Crippen LogP) is 4.14. The van der Waals surface area contributed by atoms with Gasteiger partial charge in [0, 0.05) is 13.5 Å². The maximum absolute atomic E-state index is 11.1. The molecule has 0 bridgehead atoms. The summed E-state index contributed by atoms with van der Waals surface area (Å²) in [5.41, 5.74) is 0.531. The van der Waals surface area contributed by atoms with E-state index in [2.05, 4.69) is 6.58 Å². The van der Waals surface area contributed by atoms with Crippen molar-refractivity contribution < 1.29 is 9.53 Å². The SMILES string of the molecule is C=CCN(C)[C@](C)([CH]OC(C)=O)Cc1ccc(Cl)c(Cl)c1. The van der Waals surface area contributed by atoms with E-state index in [0.717, 1.165) is 5.56 Å². The average molecular weight is 329 g/mol. The Morgan fingerprint density at radius 2 is 2.10 bits per heavy atom. The van der Waals surface area contributed by atoms with Gasteiger partial charge in [-0.2, -0.15) is 0 Å². The molecule has 0 aromatic heterocycles. The molecule has 0 saturated carbocycles. The molecular formula is C16H20Cl2NO2. The topological polar surface area (TPSA) is 29.5 Å². The van der Waals surface area contributed by atoms with Gasteiger partial charge >= 0.3 is 5.97 Å². The van der Waals surface area contributed by atoms with Crippen molar-refractivity contribution >= 4 is 29.2 Å². The lowest BCUT2D eigenvalue weighted by atomic mass is 9.92. The maximum atomic E-state index is 11.1. The van der Waals surface area contributed by atoms with Crippen LogP contribution < -0.4 is 0 Å². The zero-order valence-corrected chi connectivity index (χ0v) is 14.0. The maximum Gasteiger partial charge on any atom is 0.303 e. The van der Waals surface area contributed by atoms with E-state index in [0.29, 0.717) is 23.0 Å². The van der Waals surface area contributed by atoms with Crippen LogP contribution in [0.5, 0.6) is 0 Å². The molecule has 1 rings (SSSR count). The first-order valence-corrected chi connectivity index (χ1v) is 7.32. The van der Waals surface area contributed by atoms with Crippen molar-refractivity contribution in [2.75, 3.05) is 13.6 Å². The third-order valence-corrected chi connectivity index (χ3v) is 4.04. The molecule has 0 spiro atoms. The van der Waals surface area contributed by atoms with E-state index in [4.69, 9.17) is 27.9 Å². The molecule has 1 aromatic carbocycles. The number of benzene rings is 1. The summed E-state index contributed by atoms with van der Waals surface area (Å²) in [6.07, 6.45) is 2.43. The number of carbonyl (C=O) groups is 1. The van der Waals surface area contributed by atoms with Crippen molar-refractivity contribution in [3.8, 4) is 0 Å². The highest BCUT2D eigenvalue weighted by Gasteiger charge is 2.31. The molecule has 0 amide bonds. The third-order valence-electron chi connectivity index (χ3n) is 3.30. The second-order valence-corrected chi connectivity index (χ2v) is 5.99. The van der Waals surface area contributed by atoms with E-state index in [1.165, 1.54) is 6.92 Å². The predicted molar refractivity (Wildman–Crippen MR) is 87.5 cm³/mol. The number of hydrogen-bond acceptors (Lipinski definition) is 3. The summed E-state index contributed by atoms with van der Waals surface area (Å²) in [4.78, 5) is 13.1. The lowest BCUT2D eigenvalue weighted by Crippen LogP contribution is -2.47. The van der Waals surface area contributed by atoms with Crippen LogP contribution in [0.3, 0.4) is 0 Å². The van der Waals surface area contributed by atoms with Gasteiger partial charge in [0.2, 0.25) is 0 Å². The van der Waals surface area contributed by atoms with Gasteiger partial charge in [-0.05, 0) is 38.1 Å². The van der Waals surface area contributed by atoms with Crippen LogP contribution in [-0.4, -0.2) is 30.0 Å². The Labute approximate surface area is 136 Å². The Kier molecular flexibility index (Phi) is 6.72. The number of esters is 1. The standard InChI is InChI=1S/C16H20Cl2NO2/c1-5-8-19(4)16(3,11-21-12(2)20)10-13-6-7-14(17)15(18)9-13/h5-7,9,11H,1,8,10H2,2-4H3/t16-/m0/s1. The molecule has 0 aliphatic carbocycles. The van der Waals surface area contributed by atoms with Gasteiger partial charge in [0.25, 0.3) is 0 Å². The molecule has 0 unspecified atom stereocenters. The van der Waals surface area contributed by atoms with Crippen molar-refractivity contribution in [2.45, 2.75) is 25.8 Å². The molecule has 0 N–H and O–H groups in total. The normalized spacial score (nSPS) is 13.8. The van der Waals surface area contributed by atoms with Crippen molar-refractivity contribution in [3.05, 3.63) is 53.1 Å². The Hall–Kier alpha value is -1.03.